The Morgan fingerprint density at radius 3 is 2.07 bits per heavy atom. The van der Waals surface area contributed by atoms with Crippen LogP contribution in [0.2, 0.25) is 0 Å². The summed E-state index contributed by atoms with van der Waals surface area (Å²) in [6.07, 6.45) is 2.86. The van der Waals surface area contributed by atoms with E-state index in [1.54, 1.807) is 0 Å². The number of hydrogen-bond donors (Lipinski definition) is 0. The Hall–Kier alpha value is -0.0800. The second kappa shape index (κ2) is 4.19. The van der Waals surface area contributed by atoms with Crippen molar-refractivity contribution in [2.45, 2.75) is 32.7 Å². The second-order valence-electron chi connectivity index (χ2n) is 5.49. The zero-order valence-corrected chi connectivity index (χ0v) is 9.87. The lowest BCUT2D eigenvalue weighted by atomic mass is 9.86. The van der Waals surface area contributed by atoms with Crippen LogP contribution >= 0.6 is 0 Å². The van der Waals surface area contributed by atoms with Gasteiger partial charge in [-0.3, -0.25) is 4.90 Å². The average Bonchev–Trinajstić information content (AvgIpc) is 2.13. The van der Waals surface area contributed by atoms with Crippen molar-refractivity contribution in [2.75, 3.05) is 33.2 Å². The molecule has 0 bridgehead atoms. The average molecular weight is 196 g/mol. The summed E-state index contributed by atoms with van der Waals surface area (Å²) >= 11 is 0. The molecule has 0 aliphatic carbocycles. The van der Waals surface area contributed by atoms with Gasteiger partial charge in [0.2, 0.25) is 0 Å². The quantitative estimate of drug-likeness (QED) is 0.663. The van der Waals surface area contributed by atoms with Gasteiger partial charge in [0.15, 0.2) is 0 Å². The number of hydrogen-bond acceptors (Lipinski definition) is 2. The van der Waals surface area contributed by atoms with Crippen LogP contribution in [-0.4, -0.2) is 49.1 Å². The van der Waals surface area contributed by atoms with Crippen molar-refractivity contribution < 1.29 is 0 Å². The molecule has 0 N–H and O–H groups in total. The fourth-order valence-electron chi connectivity index (χ4n) is 2.85. The molecule has 0 unspecified atom stereocenters. The minimum Gasteiger partial charge on any atom is -0.303 e. The first-order chi connectivity index (χ1) is 6.66. The monoisotopic (exact) mass is 196 g/mol. The highest BCUT2D eigenvalue weighted by Crippen LogP contribution is 2.27. The molecule has 0 atom stereocenters. The Morgan fingerprint density at radius 2 is 1.64 bits per heavy atom. The summed E-state index contributed by atoms with van der Waals surface area (Å²) in [5, 5.41) is 0. The lowest BCUT2D eigenvalue weighted by molar-refractivity contribution is 0.0240. The van der Waals surface area contributed by atoms with Gasteiger partial charge in [-0.25, -0.2) is 0 Å². The van der Waals surface area contributed by atoms with Gasteiger partial charge in [0, 0.05) is 19.1 Å². The van der Waals surface area contributed by atoms with Crippen LogP contribution in [0.25, 0.3) is 0 Å². The van der Waals surface area contributed by atoms with E-state index < -0.39 is 0 Å². The maximum Gasteiger partial charge on any atom is 0.0350 e. The van der Waals surface area contributed by atoms with Crippen molar-refractivity contribution in [1.29, 1.82) is 0 Å². The van der Waals surface area contributed by atoms with Crippen molar-refractivity contribution in [3.63, 3.8) is 0 Å². The van der Waals surface area contributed by atoms with E-state index in [1.807, 2.05) is 0 Å². The minimum absolute atomic E-state index is 0.883. The highest BCUT2D eigenvalue weighted by Gasteiger charge is 2.32. The molecule has 2 rings (SSSR count). The first kappa shape index (κ1) is 10.4. The summed E-state index contributed by atoms with van der Waals surface area (Å²) in [5.74, 6) is 1.88. The molecule has 0 aromatic rings. The van der Waals surface area contributed by atoms with Crippen molar-refractivity contribution in [1.82, 2.24) is 9.80 Å². The van der Waals surface area contributed by atoms with E-state index in [0.717, 1.165) is 17.9 Å². The van der Waals surface area contributed by atoms with Crippen LogP contribution < -0.4 is 0 Å². The Morgan fingerprint density at radius 1 is 1.07 bits per heavy atom. The third-order valence-corrected chi connectivity index (χ3v) is 4.08. The van der Waals surface area contributed by atoms with Crippen LogP contribution in [0.15, 0.2) is 0 Å². The molecule has 14 heavy (non-hydrogen) atoms. The van der Waals surface area contributed by atoms with Crippen molar-refractivity contribution in [3.05, 3.63) is 0 Å². The molecule has 0 radical (unpaired) electrons. The Balaban J connectivity index is 1.73. The Bertz CT molecular complexity index is 177. The summed E-state index contributed by atoms with van der Waals surface area (Å²) in [6.45, 7) is 10.0. The van der Waals surface area contributed by atoms with E-state index in [9.17, 15) is 0 Å². The van der Waals surface area contributed by atoms with Gasteiger partial charge >= 0.3 is 0 Å². The summed E-state index contributed by atoms with van der Waals surface area (Å²) in [5.41, 5.74) is 0. The third kappa shape index (κ3) is 2.12. The molecule has 2 aliphatic rings. The minimum atomic E-state index is 0.883. The zero-order valence-electron chi connectivity index (χ0n) is 9.87. The smallest absolute Gasteiger partial charge is 0.0350 e. The summed E-state index contributed by atoms with van der Waals surface area (Å²) in [7, 11) is 2.22. The van der Waals surface area contributed by atoms with Crippen LogP contribution in [0, 0.1) is 11.8 Å². The van der Waals surface area contributed by atoms with Gasteiger partial charge in [-0.05, 0) is 44.8 Å². The fourth-order valence-corrected chi connectivity index (χ4v) is 2.85. The molecule has 2 nitrogen and oxygen atoms in total. The number of likely N-dealkylation sites (tertiary alicyclic amines) is 2. The Labute approximate surface area is 88.3 Å². The molecular formula is C12H24N2. The fraction of sp³-hybridized carbons (Fsp3) is 1.00. The van der Waals surface area contributed by atoms with Crippen LogP contribution in [0.3, 0.4) is 0 Å². The summed E-state index contributed by atoms with van der Waals surface area (Å²) in [4.78, 5) is 5.12. The number of rotatable bonds is 2. The van der Waals surface area contributed by atoms with Crippen LogP contribution in [-0.2, 0) is 0 Å². The molecule has 0 amide bonds. The normalized spacial score (nSPS) is 28.3. The molecule has 2 fully saturated rings. The maximum atomic E-state index is 2.71. The molecule has 0 aromatic carbocycles. The van der Waals surface area contributed by atoms with E-state index in [0.29, 0.717) is 0 Å². The topological polar surface area (TPSA) is 6.48 Å². The van der Waals surface area contributed by atoms with E-state index in [4.69, 9.17) is 0 Å². The number of piperidine rings is 1. The predicted molar refractivity (Wildman–Crippen MR) is 60.4 cm³/mol. The van der Waals surface area contributed by atoms with Crippen LogP contribution in [0.1, 0.15) is 26.7 Å². The highest BCUT2D eigenvalue weighted by atomic mass is 15.3. The largest absolute Gasteiger partial charge is 0.303 e. The van der Waals surface area contributed by atoms with E-state index in [1.165, 1.54) is 39.0 Å². The molecule has 2 saturated heterocycles. The van der Waals surface area contributed by atoms with Gasteiger partial charge < -0.3 is 4.90 Å². The van der Waals surface area contributed by atoms with Gasteiger partial charge in [0.1, 0.15) is 0 Å². The van der Waals surface area contributed by atoms with Gasteiger partial charge in [-0.2, -0.15) is 0 Å². The van der Waals surface area contributed by atoms with Gasteiger partial charge in [-0.1, -0.05) is 13.8 Å². The van der Waals surface area contributed by atoms with E-state index in [2.05, 4.69) is 30.7 Å². The molecule has 0 spiro atoms. The molecule has 0 aromatic heterocycles. The van der Waals surface area contributed by atoms with E-state index >= 15 is 0 Å². The molecule has 2 aliphatic heterocycles. The van der Waals surface area contributed by atoms with Gasteiger partial charge in [0.25, 0.3) is 0 Å². The SMILES string of the molecule is CC(C)C1CCN(C2CN(C)C2)CC1. The lowest BCUT2D eigenvalue weighted by Crippen LogP contribution is -2.59. The Kier molecular flexibility index (Phi) is 3.13. The van der Waals surface area contributed by atoms with Crippen LogP contribution in [0.5, 0.6) is 0 Å². The van der Waals surface area contributed by atoms with Gasteiger partial charge in [-0.15, -0.1) is 0 Å². The first-order valence-electron chi connectivity index (χ1n) is 6.09. The van der Waals surface area contributed by atoms with Crippen molar-refractivity contribution in [3.8, 4) is 0 Å². The highest BCUT2D eigenvalue weighted by molar-refractivity contribution is 4.88. The van der Waals surface area contributed by atoms with Crippen molar-refractivity contribution >= 4 is 0 Å². The molecule has 2 heterocycles. The summed E-state index contributed by atoms with van der Waals surface area (Å²) < 4.78 is 0. The number of likely N-dealkylation sites (N-methyl/N-ethyl adjacent to an activating group) is 1. The predicted octanol–water partition coefficient (Wildman–Crippen LogP) is 1.67. The first-order valence-corrected chi connectivity index (χ1v) is 6.09. The van der Waals surface area contributed by atoms with E-state index in [-0.39, 0.29) is 0 Å². The van der Waals surface area contributed by atoms with Crippen LogP contribution in [0.4, 0.5) is 0 Å². The zero-order chi connectivity index (χ0) is 10.1. The summed E-state index contributed by atoms with van der Waals surface area (Å²) in [6, 6.07) is 0.883. The van der Waals surface area contributed by atoms with Gasteiger partial charge in [0.05, 0.1) is 0 Å². The molecular weight excluding hydrogens is 172 g/mol. The lowest BCUT2D eigenvalue weighted by Gasteiger charge is -2.46. The number of nitrogens with zero attached hydrogens (tertiary/aromatic N) is 2. The second-order valence-corrected chi connectivity index (χ2v) is 5.49. The van der Waals surface area contributed by atoms with Crippen molar-refractivity contribution in [2.24, 2.45) is 11.8 Å². The maximum absolute atomic E-state index is 2.71. The third-order valence-electron chi connectivity index (χ3n) is 4.08. The standard InChI is InChI=1S/C12H24N2/c1-10(2)11-4-6-14(7-5-11)12-8-13(3)9-12/h10-12H,4-9H2,1-3H3. The molecule has 0 saturated carbocycles. The molecule has 2 heteroatoms. The molecule has 82 valence electrons.